The summed E-state index contributed by atoms with van der Waals surface area (Å²) in [5.41, 5.74) is 4.69. The highest BCUT2D eigenvalue weighted by Crippen LogP contribution is 2.23. The molecule has 0 aliphatic rings. The van der Waals surface area contributed by atoms with Gasteiger partial charge in [0, 0.05) is 41.8 Å². The molecule has 0 bridgehead atoms. The summed E-state index contributed by atoms with van der Waals surface area (Å²) in [7, 11) is 0. The third kappa shape index (κ3) is 4.21. The van der Waals surface area contributed by atoms with Crippen LogP contribution in [-0.2, 0) is 19.6 Å². The predicted octanol–water partition coefficient (Wildman–Crippen LogP) is 5.77. The van der Waals surface area contributed by atoms with E-state index in [-0.39, 0.29) is 5.82 Å². The molecule has 0 unspecified atom stereocenters. The van der Waals surface area contributed by atoms with E-state index in [1.165, 1.54) is 34.2 Å². The minimum Gasteiger partial charge on any atom is -0.343 e. The number of benzene rings is 3. The Morgan fingerprint density at radius 2 is 1.67 bits per heavy atom. The van der Waals surface area contributed by atoms with Crippen LogP contribution in [0.2, 0.25) is 5.02 Å². The molecule has 0 fully saturated rings. The molecule has 27 heavy (non-hydrogen) atoms. The van der Waals surface area contributed by atoms with Crippen LogP contribution in [0.3, 0.4) is 0 Å². The summed E-state index contributed by atoms with van der Waals surface area (Å²) in [6.45, 7) is 2.23. The van der Waals surface area contributed by atoms with Gasteiger partial charge in [0.1, 0.15) is 5.82 Å². The maximum absolute atomic E-state index is 13.0. The van der Waals surface area contributed by atoms with Crippen molar-refractivity contribution < 1.29 is 4.39 Å². The SMILES string of the molecule is Fc1ccc(CNCc2cn(Cc3cccc(Cl)c3)c3ccccc23)cc1. The molecular formula is C23H20ClFN2. The summed E-state index contributed by atoms with van der Waals surface area (Å²) in [6, 6.07) is 23.0. The lowest BCUT2D eigenvalue weighted by atomic mass is 10.1. The standard InChI is InChI=1S/C23H20ClFN2/c24-20-5-3-4-18(12-20)15-27-16-19(22-6-1-2-7-23(22)27)14-26-13-17-8-10-21(25)11-9-17/h1-12,16,26H,13-15H2. The molecular weight excluding hydrogens is 359 g/mol. The maximum Gasteiger partial charge on any atom is 0.123 e. The van der Waals surface area contributed by atoms with Crippen LogP contribution in [0.15, 0.2) is 79.0 Å². The number of hydrogen-bond donors (Lipinski definition) is 1. The summed E-state index contributed by atoms with van der Waals surface area (Å²) >= 11 is 6.13. The monoisotopic (exact) mass is 378 g/mol. The average Bonchev–Trinajstić information content (AvgIpc) is 3.01. The van der Waals surface area contributed by atoms with Gasteiger partial charge in [0.25, 0.3) is 0 Å². The molecule has 0 spiro atoms. The number of rotatable bonds is 6. The normalized spacial score (nSPS) is 11.2. The average molecular weight is 379 g/mol. The van der Waals surface area contributed by atoms with Crippen LogP contribution in [0.5, 0.6) is 0 Å². The van der Waals surface area contributed by atoms with Crippen molar-refractivity contribution in [1.29, 1.82) is 0 Å². The Morgan fingerprint density at radius 3 is 2.48 bits per heavy atom. The van der Waals surface area contributed by atoms with Crippen molar-refractivity contribution in [3.05, 3.63) is 107 Å². The molecule has 0 saturated carbocycles. The second-order valence-corrected chi connectivity index (χ2v) is 7.10. The Kier molecular flexibility index (Phi) is 5.23. The lowest BCUT2D eigenvalue weighted by molar-refractivity contribution is 0.625. The molecule has 4 aromatic rings. The first-order chi connectivity index (χ1) is 13.2. The van der Waals surface area contributed by atoms with Gasteiger partial charge in [-0.25, -0.2) is 4.39 Å². The second-order valence-electron chi connectivity index (χ2n) is 6.66. The topological polar surface area (TPSA) is 17.0 Å². The van der Waals surface area contributed by atoms with Crippen molar-refractivity contribution in [2.24, 2.45) is 0 Å². The van der Waals surface area contributed by atoms with Crippen molar-refractivity contribution in [2.75, 3.05) is 0 Å². The van der Waals surface area contributed by atoms with E-state index in [4.69, 9.17) is 11.6 Å². The lowest BCUT2D eigenvalue weighted by Crippen LogP contribution is -2.12. The fraction of sp³-hybridized carbons (Fsp3) is 0.130. The molecule has 136 valence electrons. The molecule has 2 nitrogen and oxygen atoms in total. The van der Waals surface area contributed by atoms with Gasteiger partial charge >= 0.3 is 0 Å². The van der Waals surface area contributed by atoms with Gasteiger partial charge in [-0.1, -0.05) is 54.1 Å². The van der Waals surface area contributed by atoms with Crippen molar-refractivity contribution in [3.8, 4) is 0 Å². The number of halogens is 2. The highest BCUT2D eigenvalue weighted by molar-refractivity contribution is 6.30. The molecule has 0 aliphatic heterocycles. The van der Waals surface area contributed by atoms with E-state index in [2.05, 4.69) is 46.4 Å². The van der Waals surface area contributed by atoms with Gasteiger partial charge in [-0.2, -0.15) is 0 Å². The van der Waals surface area contributed by atoms with Gasteiger partial charge in [-0.05, 0) is 47.0 Å². The van der Waals surface area contributed by atoms with Crippen LogP contribution < -0.4 is 5.32 Å². The maximum atomic E-state index is 13.0. The minimum atomic E-state index is -0.206. The van der Waals surface area contributed by atoms with Crippen molar-refractivity contribution in [3.63, 3.8) is 0 Å². The Morgan fingerprint density at radius 1 is 0.852 bits per heavy atom. The van der Waals surface area contributed by atoms with Gasteiger partial charge in [-0.15, -0.1) is 0 Å². The van der Waals surface area contributed by atoms with Crippen LogP contribution in [0.1, 0.15) is 16.7 Å². The zero-order chi connectivity index (χ0) is 18.6. The molecule has 1 heterocycles. The molecule has 1 aromatic heterocycles. The highest BCUT2D eigenvalue weighted by Gasteiger charge is 2.08. The van der Waals surface area contributed by atoms with Crippen molar-refractivity contribution >= 4 is 22.5 Å². The van der Waals surface area contributed by atoms with Gasteiger partial charge in [0.2, 0.25) is 0 Å². The quantitative estimate of drug-likeness (QED) is 0.450. The second kappa shape index (κ2) is 7.95. The van der Waals surface area contributed by atoms with E-state index in [1.807, 2.05) is 30.3 Å². The van der Waals surface area contributed by atoms with Crippen LogP contribution in [0.25, 0.3) is 10.9 Å². The summed E-state index contributed by atoms with van der Waals surface area (Å²) in [5.74, 6) is -0.206. The number of hydrogen-bond acceptors (Lipinski definition) is 1. The zero-order valence-electron chi connectivity index (χ0n) is 14.8. The first kappa shape index (κ1) is 17.8. The Balaban J connectivity index is 1.53. The molecule has 0 amide bonds. The van der Waals surface area contributed by atoms with E-state index >= 15 is 0 Å². The number of aromatic nitrogens is 1. The molecule has 0 radical (unpaired) electrons. The molecule has 4 rings (SSSR count). The number of para-hydroxylation sites is 1. The zero-order valence-corrected chi connectivity index (χ0v) is 15.6. The Hall–Kier alpha value is -2.62. The van der Waals surface area contributed by atoms with Crippen molar-refractivity contribution in [2.45, 2.75) is 19.6 Å². The summed E-state index contributed by atoms with van der Waals surface area (Å²) < 4.78 is 15.3. The molecule has 1 N–H and O–H groups in total. The van der Waals surface area contributed by atoms with Crippen LogP contribution in [-0.4, -0.2) is 4.57 Å². The molecule has 4 heteroatoms. The largest absolute Gasteiger partial charge is 0.343 e. The number of fused-ring (bicyclic) bond motifs is 1. The third-order valence-electron chi connectivity index (χ3n) is 4.67. The minimum absolute atomic E-state index is 0.206. The molecule has 0 saturated heterocycles. The molecule has 0 aliphatic carbocycles. The number of nitrogens with zero attached hydrogens (tertiary/aromatic N) is 1. The fourth-order valence-corrected chi connectivity index (χ4v) is 3.58. The molecule has 0 atom stereocenters. The van der Waals surface area contributed by atoms with Gasteiger partial charge in [0.15, 0.2) is 0 Å². The van der Waals surface area contributed by atoms with E-state index in [1.54, 1.807) is 0 Å². The van der Waals surface area contributed by atoms with Crippen LogP contribution in [0, 0.1) is 5.82 Å². The molecule has 3 aromatic carbocycles. The lowest BCUT2D eigenvalue weighted by Gasteiger charge is -2.06. The summed E-state index contributed by atoms with van der Waals surface area (Å²) in [6.07, 6.45) is 2.20. The van der Waals surface area contributed by atoms with Crippen molar-refractivity contribution in [1.82, 2.24) is 9.88 Å². The van der Waals surface area contributed by atoms with Crippen LogP contribution >= 0.6 is 11.6 Å². The predicted molar refractivity (Wildman–Crippen MR) is 109 cm³/mol. The van der Waals surface area contributed by atoms with E-state index in [9.17, 15) is 4.39 Å². The Bertz CT molecular complexity index is 1050. The number of nitrogens with one attached hydrogen (secondary N) is 1. The Labute approximate surface area is 163 Å². The van der Waals surface area contributed by atoms with Gasteiger partial charge in [-0.3, -0.25) is 0 Å². The van der Waals surface area contributed by atoms with E-state index in [0.717, 1.165) is 23.7 Å². The highest BCUT2D eigenvalue weighted by atomic mass is 35.5. The van der Waals surface area contributed by atoms with Gasteiger partial charge in [0.05, 0.1) is 0 Å². The summed E-state index contributed by atoms with van der Waals surface area (Å²) in [4.78, 5) is 0. The van der Waals surface area contributed by atoms with Gasteiger partial charge < -0.3 is 9.88 Å². The summed E-state index contributed by atoms with van der Waals surface area (Å²) in [5, 5.41) is 5.46. The van der Waals surface area contributed by atoms with Crippen LogP contribution in [0.4, 0.5) is 4.39 Å². The fourth-order valence-electron chi connectivity index (χ4n) is 3.37. The third-order valence-corrected chi connectivity index (χ3v) is 4.91. The first-order valence-electron chi connectivity index (χ1n) is 8.95. The van der Waals surface area contributed by atoms with E-state index in [0.29, 0.717) is 6.54 Å². The smallest absolute Gasteiger partial charge is 0.123 e. The van der Waals surface area contributed by atoms with E-state index < -0.39 is 0 Å². The first-order valence-corrected chi connectivity index (χ1v) is 9.33.